The SMILES string of the molecule is C[C@H](C1=NC(C)(C)CO1)[C@@H](O)C#Cc1ccccc1. The number of benzene rings is 1. The van der Waals surface area contributed by atoms with Crippen molar-refractivity contribution in [3.8, 4) is 11.8 Å². The number of aliphatic hydroxyl groups excluding tert-OH is 1. The third-order valence-corrected chi connectivity index (χ3v) is 2.99. The molecule has 2 atom stereocenters. The smallest absolute Gasteiger partial charge is 0.190 e. The summed E-state index contributed by atoms with van der Waals surface area (Å²) in [5, 5.41) is 10.1. The van der Waals surface area contributed by atoms with E-state index in [1.165, 1.54) is 0 Å². The lowest BCUT2D eigenvalue weighted by atomic mass is 10.0. The van der Waals surface area contributed by atoms with Crippen molar-refractivity contribution in [1.82, 2.24) is 0 Å². The van der Waals surface area contributed by atoms with Crippen molar-refractivity contribution in [2.75, 3.05) is 6.61 Å². The van der Waals surface area contributed by atoms with Gasteiger partial charge in [-0.05, 0) is 26.0 Å². The number of ether oxygens (including phenoxy) is 1. The van der Waals surface area contributed by atoms with Gasteiger partial charge in [0.2, 0.25) is 0 Å². The molecule has 3 heteroatoms. The first-order valence-corrected chi connectivity index (χ1v) is 6.45. The highest BCUT2D eigenvalue weighted by molar-refractivity contribution is 5.81. The molecule has 0 fully saturated rings. The molecule has 2 rings (SSSR count). The first kappa shape index (κ1) is 13.6. The third-order valence-electron chi connectivity index (χ3n) is 2.99. The van der Waals surface area contributed by atoms with Crippen LogP contribution in [0.4, 0.5) is 0 Å². The fourth-order valence-electron chi connectivity index (χ4n) is 1.79. The van der Waals surface area contributed by atoms with E-state index in [0.29, 0.717) is 12.5 Å². The van der Waals surface area contributed by atoms with E-state index in [4.69, 9.17) is 4.74 Å². The van der Waals surface area contributed by atoms with Crippen LogP contribution in [-0.4, -0.2) is 29.3 Å². The van der Waals surface area contributed by atoms with Crippen LogP contribution >= 0.6 is 0 Å². The fraction of sp³-hybridized carbons (Fsp3) is 0.438. The van der Waals surface area contributed by atoms with Crippen LogP contribution in [0.25, 0.3) is 0 Å². The molecular formula is C16H19NO2. The lowest BCUT2D eigenvalue weighted by Gasteiger charge is -2.12. The Balaban J connectivity index is 2.05. The van der Waals surface area contributed by atoms with Gasteiger partial charge in [-0.3, -0.25) is 0 Å². The van der Waals surface area contributed by atoms with E-state index in [-0.39, 0.29) is 11.5 Å². The summed E-state index contributed by atoms with van der Waals surface area (Å²) in [5.41, 5.74) is 0.694. The fourth-order valence-corrected chi connectivity index (χ4v) is 1.79. The normalized spacial score (nSPS) is 19.7. The van der Waals surface area contributed by atoms with Gasteiger partial charge < -0.3 is 9.84 Å². The van der Waals surface area contributed by atoms with Gasteiger partial charge in [0.15, 0.2) is 5.90 Å². The predicted octanol–water partition coefficient (Wildman–Crippen LogP) is 2.24. The van der Waals surface area contributed by atoms with Crippen LogP contribution in [-0.2, 0) is 4.74 Å². The van der Waals surface area contributed by atoms with Gasteiger partial charge in [0.1, 0.15) is 12.7 Å². The van der Waals surface area contributed by atoms with Crippen LogP contribution < -0.4 is 0 Å². The molecule has 3 nitrogen and oxygen atoms in total. The first-order chi connectivity index (χ1) is 8.98. The maximum Gasteiger partial charge on any atom is 0.190 e. The molecule has 0 radical (unpaired) electrons. The molecule has 0 unspecified atom stereocenters. The average Bonchev–Trinajstić information content (AvgIpc) is 2.76. The number of rotatable bonds is 2. The van der Waals surface area contributed by atoms with Crippen LogP contribution in [0.1, 0.15) is 26.3 Å². The molecule has 1 aliphatic rings. The van der Waals surface area contributed by atoms with Gasteiger partial charge >= 0.3 is 0 Å². The highest BCUT2D eigenvalue weighted by atomic mass is 16.5. The number of hydrogen-bond acceptors (Lipinski definition) is 3. The van der Waals surface area contributed by atoms with Crippen LogP contribution in [0.15, 0.2) is 35.3 Å². The molecule has 0 spiro atoms. The standard InChI is InChI=1S/C16H19NO2/c1-12(15-17-16(2,3)11-19-15)14(18)10-9-13-7-5-4-6-8-13/h4-8,12,14,18H,11H2,1-3H3/t12-,14-/m0/s1. The largest absolute Gasteiger partial charge is 0.478 e. The summed E-state index contributed by atoms with van der Waals surface area (Å²) in [4.78, 5) is 4.46. The van der Waals surface area contributed by atoms with E-state index in [2.05, 4.69) is 16.8 Å². The first-order valence-electron chi connectivity index (χ1n) is 6.45. The third kappa shape index (κ3) is 3.59. The maximum atomic E-state index is 10.1. The average molecular weight is 257 g/mol. The van der Waals surface area contributed by atoms with Crippen molar-refractivity contribution >= 4 is 5.90 Å². The monoisotopic (exact) mass is 257 g/mol. The van der Waals surface area contributed by atoms with Crippen molar-refractivity contribution in [3.63, 3.8) is 0 Å². The van der Waals surface area contributed by atoms with Crippen molar-refractivity contribution in [2.45, 2.75) is 32.4 Å². The lowest BCUT2D eigenvalue weighted by molar-refractivity contribution is 0.181. The minimum absolute atomic E-state index is 0.198. The predicted molar refractivity (Wildman–Crippen MR) is 76.0 cm³/mol. The van der Waals surface area contributed by atoms with Crippen molar-refractivity contribution < 1.29 is 9.84 Å². The van der Waals surface area contributed by atoms with E-state index < -0.39 is 6.10 Å². The summed E-state index contributed by atoms with van der Waals surface area (Å²) in [6.07, 6.45) is -0.771. The maximum absolute atomic E-state index is 10.1. The second-order valence-electron chi connectivity index (χ2n) is 5.42. The van der Waals surface area contributed by atoms with Crippen LogP contribution in [0.3, 0.4) is 0 Å². The van der Waals surface area contributed by atoms with Crippen LogP contribution in [0, 0.1) is 17.8 Å². The molecule has 0 saturated carbocycles. The second kappa shape index (κ2) is 5.46. The number of aliphatic hydroxyl groups is 1. The van der Waals surface area contributed by atoms with E-state index >= 15 is 0 Å². The number of hydrogen-bond donors (Lipinski definition) is 1. The zero-order valence-electron chi connectivity index (χ0n) is 11.6. The van der Waals surface area contributed by atoms with E-state index in [1.807, 2.05) is 51.1 Å². The second-order valence-corrected chi connectivity index (χ2v) is 5.42. The summed E-state index contributed by atoms with van der Waals surface area (Å²) in [7, 11) is 0. The highest BCUT2D eigenvalue weighted by Gasteiger charge is 2.31. The molecule has 1 aromatic carbocycles. The Morgan fingerprint density at radius 3 is 2.58 bits per heavy atom. The van der Waals surface area contributed by atoms with Crippen LogP contribution in [0.5, 0.6) is 0 Å². The van der Waals surface area contributed by atoms with Gasteiger partial charge in [-0.1, -0.05) is 37.0 Å². The van der Waals surface area contributed by atoms with Crippen molar-refractivity contribution in [1.29, 1.82) is 0 Å². The molecule has 1 heterocycles. The van der Waals surface area contributed by atoms with E-state index in [9.17, 15) is 5.11 Å². The van der Waals surface area contributed by atoms with E-state index in [1.54, 1.807) is 0 Å². The number of nitrogens with zero attached hydrogens (tertiary/aromatic N) is 1. The molecule has 0 aromatic heterocycles. The highest BCUT2D eigenvalue weighted by Crippen LogP contribution is 2.21. The molecule has 1 N–H and O–H groups in total. The molecular weight excluding hydrogens is 238 g/mol. The quantitative estimate of drug-likeness (QED) is 0.826. The van der Waals surface area contributed by atoms with Gasteiger partial charge in [-0.2, -0.15) is 0 Å². The Bertz CT molecular complexity index is 523. The molecule has 1 aliphatic heterocycles. The summed E-state index contributed by atoms with van der Waals surface area (Å²) >= 11 is 0. The molecule has 0 amide bonds. The lowest BCUT2D eigenvalue weighted by Crippen LogP contribution is -2.24. The minimum atomic E-state index is -0.771. The van der Waals surface area contributed by atoms with Crippen molar-refractivity contribution in [3.05, 3.63) is 35.9 Å². The molecule has 1 aromatic rings. The topological polar surface area (TPSA) is 41.8 Å². The summed E-state index contributed by atoms with van der Waals surface area (Å²) in [5.74, 6) is 6.19. The Morgan fingerprint density at radius 1 is 1.32 bits per heavy atom. The van der Waals surface area contributed by atoms with Gasteiger partial charge in [-0.25, -0.2) is 4.99 Å². The summed E-state index contributed by atoms with van der Waals surface area (Å²) in [6, 6.07) is 9.61. The summed E-state index contributed by atoms with van der Waals surface area (Å²) in [6.45, 7) is 6.46. The zero-order valence-corrected chi connectivity index (χ0v) is 11.6. The molecule has 0 aliphatic carbocycles. The summed E-state index contributed by atoms with van der Waals surface area (Å²) < 4.78 is 5.53. The Morgan fingerprint density at radius 2 is 2.00 bits per heavy atom. The Kier molecular flexibility index (Phi) is 3.92. The van der Waals surface area contributed by atoms with Gasteiger partial charge in [-0.15, -0.1) is 0 Å². The Hall–Kier alpha value is -1.79. The minimum Gasteiger partial charge on any atom is -0.478 e. The molecule has 0 saturated heterocycles. The van der Waals surface area contributed by atoms with Gasteiger partial charge in [0.25, 0.3) is 0 Å². The van der Waals surface area contributed by atoms with E-state index in [0.717, 1.165) is 5.56 Å². The molecule has 19 heavy (non-hydrogen) atoms. The van der Waals surface area contributed by atoms with Gasteiger partial charge in [0, 0.05) is 5.56 Å². The molecule has 0 bridgehead atoms. The Labute approximate surface area is 114 Å². The van der Waals surface area contributed by atoms with Crippen LogP contribution in [0.2, 0.25) is 0 Å². The molecule has 100 valence electrons. The van der Waals surface area contributed by atoms with Crippen molar-refractivity contribution in [2.24, 2.45) is 10.9 Å². The number of aliphatic imine (C=N–C) groups is 1. The van der Waals surface area contributed by atoms with Gasteiger partial charge in [0.05, 0.1) is 11.5 Å². The zero-order chi connectivity index (χ0) is 13.9.